The Labute approximate surface area is 135 Å². The van der Waals surface area contributed by atoms with Crippen LogP contribution in [0, 0.1) is 0 Å². The molecule has 3 heterocycles. The molecule has 6 heteroatoms. The molecule has 1 aliphatic rings. The summed E-state index contributed by atoms with van der Waals surface area (Å²) >= 11 is 0. The lowest BCUT2D eigenvalue weighted by Crippen LogP contribution is -2.44. The number of benzene rings is 1. The third-order valence-electron chi connectivity index (χ3n) is 4.23. The Morgan fingerprint density at radius 2 is 1.74 bits per heavy atom. The Morgan fingerprint density at radius 3 is 2.48 bits per heavy atom. The van der Waals surface area contributed by atoms with Crippen molar-refractivity contribution < 1.29 is 0 Å². The van der Waals surface area contributed by atoms with E-state index < -0.39 is 0 Å². The molecule has 0 spiro atoms. The summed E-state index contributed by atoms with van der Waals surface area (Å²) in [5, 5.41) is 7.67. The predicted molar refractivity (Wildman–Crippen MR) is 92.4 cm³/mol. The number of aromatic nitrogens is 3. The molecule has 0 saturated carbocycles. The molecule has 2 aromatic heterocycles. The quantitative estimate of drug-likeness (QED) is 0.804. The highest BCUT2D eigenvalue weighted by Gasteiger charge is 2.14. The fourth-order valence-electron chi connectivity index (χ4n) is 2.83. The fourth-order valence-corrected chi connectivity index (χ4v) is 2.83. The van der Waals surface area contributed by atoms with Crippen LogP contribution in [0.2, 0.25) is 0 Å². The summed E-state index contributed by atoms with van der Waals surface area (Å²) in [6.45, 7) is 4.39. The lowest BCUT2D eigenvalue weighted by Gasteiger charge is -2.34. The minimum atomic E-state index is 0.614. The number of anilines is 3. The zero-order valence-corrected chi connectivity index (χ0v) is 13.2. The molecule has 23 heavy (non-hydrogen) atoms. The van der Waals surface area contributed by atoms with Crippen molar-refractivity contribution in [1.29, 1.82) is 0 Å². The van der Waals surface area contributed by atoms with E-state index in [2.05, 4.69) is 56.5 Å². The van der Waals surface area contributed by atoms with E-state index in [0.29, 0.717) is 5.95 Å². The molecule has 0 bridgehead atoms. The molecule has 1 saturated heterocycles. The number of hydrogen-bond donors (Lipinski definition) is 1. The van der Waals surface area contributed by atoms with Gasteiger partial charge in [0.1, 0.15) is 0 Å². The molecule has 0 aliphatic carbocycles. The first-order valence-corrected chi connectivity index (χ1v) is 7.90. The van der Waals surface area contributed by atoms with E-state index in [4.69, 9.17) is 0 Å². The average Bonchev–Trinajstić information content (AvgIpc) is 2.98. The molecule has 4 rings (SSSR count). The highest BCUT2D eigenvalue weighted by Crippen LogP contribution is 2.21. The summed E-state index contributed by atoms with van der Waals surface area (Å²) in [4.78, 5) is 9.24. The smallest absolute Gasteiger partial charge is 0.247 e. The van der Waals surface area contributed by atoms with E-state index >= 15 is 0 Å². The van der Waals surface area contributed by atoms with Gasteiger partial charge in [-0.15, -0.1) is 5.10 Å². The molecule has 1 aromatic carbocycles. The number of pyridine rings is 1. The number of piperazine rings is 1. The van der Waals surface area contributed by atoms with E-state index in [9.17, 15) is 0 Å². The van der Waals surface area contributed by atoms with Crippen molar-refractivity contribution in [1.82, 2.24) is 19.5 Å². The summed E-state index contributed by atoms with van der Waals surface area (Å²) in [7, 11) is 2.17. The molecule has 6 nitrogen and oxygen atoms in total. The summed E-state index contributed by atoms with van der Waals surface area (Å²) in [5.41, 5.74) is 3.11. The minimum absolute atomic E-state index is 0.614. The lowest BCUT2D eigenvalue weighted by molar-refractivity contribution is 0.313. The highest BCUT2D eigenvalue weighted by atomic mass is 15.3. The van der Waals surface area contributed by atoms with Gasteiger partial charge in [-0.05, 0) is 43.4 Å². The summed E-state index contributed by atoms with van der Waals surface area (Å²) < 4.78 is 1.76. The van der Waals surface area contributed by atoms with E-state index in [0.717, 1.165) is 37.5 Å². The van der Waals surface area contributed by atoms with Gasteiger partial charge in [0.25, 0.3) is 0 Å². The van der Waals surface area contributed by atoms with Crippen LogP contribution < -0.4 is 10.2 Å². The number of nitrogens with zero attached hydrogens (tertiary/aromatic N) is 5. The van der Waals surface area contributed by atoms with Gasteiger partial charge in [-0.2, -0.15) is 4.98 Å². The molecule has 0 atom stereocenters. The van der Waals surface area contributed by atoms with Crippen molar-refractivity contribution in [2.45, 2.75) is 0 Å². The third-order valence-corrected chi connectivity index (χ3v) is 4.23. The van der Waals surface area contributed by atoms with Crippen molar-refractivity contribution in [3.63, 3.8) is 0 Å². The van der Waals surface area contributed by atoms with Crippen LogP contribution >= 0.6 is 0 Å². The van der Waals surface area contributed by atoms with Gasteiger partial charge in [0.05, 0.1) is 0 Å². The van der Waals surface area contributed by atoms with Gasteiger partial charge in [-0.1, -0.05) is 6.07 Å². The van der Waals surface area contributed by atoms with Crippen molar-refractivity contribution in [2.75, 3.05) is 43.4 Å². The molecule has 1 N–H and O–H groups in total. The number of nitrogens with one attached hydrogen (secondary N) is 1. The van der Waals surface area contributed by atoms with E-state index in [-0.39, 0.29) is 0 Å². The second kappa shape index (κ2) is 5.89. The Balaban J connectivity index is 1.47. The van der Waals surface area contributed by atoms with E-state index in [1.807, 2.05) is 24.4 Å². The average molecular weight is 308 g/mol. The normalized spacial score (nSPS) is 16.0. The van der Waals surface area contributed by atoms with Crippen molar-refractivity contribution in [3.8, 4) is 0 Å². The molecule has 3 aromatic rings. The standard InChI is InChI=1S/C17H20N6/c1-21-10-12-22(13-11-21)15-7-5-14(6-8-15)18-17-19-16-4-2-3-9-23(16)20-17/h2-9H,10-13H2,1H3,(H,18,20). The molecule has 118 valence electrons. The van der Waals surface area contributed by atoms with Gasteiger partial charge in [-0.25, -0.2) is 4.52 Å². The lowest BCUT2D eigenvalue weighted by atomic mass is 10.2. The largest absolute Gasteiger partial charge is 0.369 e. The molecule has 1 aliphatic heterocycles. The minimum Gasteiger partial charge on any atom is -0.369 e. The van der Waals surface area contributed by atoms with Crippen LogP contribution in [0.15, 0.2) is 48.7 Å². The molecular weight excluding hydrogens is 288 g/mol. The zero-order valence-electron chi connectivity index (χ0n) is 13.2. The van der Waals surface area contributed by atoms with Gasteiger partial charge in [-0.3, -0.25) is 0 Å². The van der Waals surface area contributed by atoms with E-state index in [1.165, 1.54) is 5.69 Å². The summed E-state index contributed by atoms with van der Waals surface area (Å²) in [5.74, 6) is 0.614. The van der Waals surface area contributed by atoms with Gasteiger partial charge >= 0.3 is 0 Å². The Kier molecular flexibility index (Phi) is 3.59. The first kappa shape index (κ1) is 14.0. The van der Waals surface area contributed by atoms with Gasteiger partial charge < -0.3 is 15.1 Å². The van der Waals surface area contributed by atoms with Crippen LogP contribution in [0.4, 0.5) is 17.3 Å². The van der Waals surface area contributed by atoms with Crippen LogP contribution in [-0.4, -0.2) is 52.7 Å². The van der Waals surface area contributed by atoms with Crippen LogP contribution in [-0.2, 0) is 0 Å². The second-order valence-corrected chi connectivity index (χ2v) is 5.90. The van der Waals surface area contributed by atoms with Crippen LogP contribution in [0.1, 0.15) is 0 Å². The highest BCUT2D eigenvalue weighted by molar-refractivity contribution is 5.60. The maximum absolute atomic E-state index is 4.45. The summed E-state index contributed by atoms with van der Waals surface area (Å²) in [6, 6.07) is 14.3. The third kappa shape index (κ3) is 2.98. The number of hydrogen-bond acceptors (Lipinski definition) is 5. The van der Waals surface area contributed by atoms with Crippen molar-refractivity contribution >= 4 is 23.0 Å². The van der Waals surface area contributed by atoms with E-state index in [1.54, 1.807) is 4.52 Å². The first-order valence-electron chi connectivity index (χ1n) is 7.90. The maximum atomic E-state index is 4.45. The van der Waals surface area contributed by atoms with Gasteiger partial charge in [0.15, 0.2) is 5.65 Å². The number of likely N-dealkylation sites (N-methyl/N-ethyl adjacent to an activating group) is 1. The molecule has 0 amide bonds. The van der Waals surface area contributed by atoms with Crippen molar-refractivity contribution in [2.24, 2.45) is 0 Å². The first-order chi connectivity index (χ1) is 11.3. The SMILES string of the molecule is CN1CCN(c2ccc(Nc3nc4ccccn4n3)cc2)CC1. The Hall–Kier alpha value is -2.60. The Bertz CT molecular complexity index is 753. The Morgan fingerprint density at radius 1 is 0.957 bits per heavy atom. The number of rotatable bonds is 3. The zero-order chi connectivity index (χ0) is 15.6. The topological polar surface area (TPSA) is 48.7 Å². The van der Waals surface area contributed by atoms with Crippen LogP contribution in [0.5, 0.6) is 0 Å². The van der Waals surface area contributed by atoms with Gasteiger partial charge in [0, 0.05) is 43.8 Å². The maximum Gasteiger partial charge on any atom is 0.247 e. The van der Waals surface area contributed by atoms with Crippen LogP contribution in [0.3, 0.4) is 0 Å². The monoisotopic (exact) mass is 308 g/mol. The summed E-state index contributed by atoms with van der Waals surface area (Å²) in [6.07, 6.45) is 1.89. The molecule has 0 radical (unpaired) electrons. The van der Waals surface area contributed by atoms with Crippen molar-refractivity contribution in [3.05, 3.63) is 48.7 Å². The van der Waals surface area contributed by atoms with Crippen LogP contribution in [0.25, 0.3) is 5.65 Å². The van der Waals surface area contributed by atoms with Gasteiger partial charge in [0.2, 0.25) is 5.95 Å². The predicted octanol–water partition coefficient (Wildman–Crippen LogP) is 2.22. The second-order valence-electron chi connectivity index (χ2n) is 5.90. The molecule has 0 unspecified atom stereocenters. The molecular formula is C17H20N6. The molecule has 1 fully saturated rings. The number of fused-ring (bicyclic) bond motifs is 1. The fraction of sp³-hybridized carbons (Fsp3) is 0.294.